The Hall–Kier alpha value is -0.610. The van der Waals surface area contributed by atoms with Gasteiger partial charge in [-0.25, -0.2) is 0 Å². The van der Waals surface area contributed by atoms with E-state index in [0.29, 0.717) is 6.42 Å². The van der Waals surface area contributed by atoms with Gasteiger partial charge in [-0.2, -0.15) is 0 Å². The first-order valence-electron chi connectivity index (χ1n) is 1.99. The van der Waals surface area contributed by atoms with Crippen molar-refractivity contribution in [3.63, 3.8) is 0 Å². The van der Waals surface area contributed by atoms with Gasteiger partial charge in [0, 0.05) is 6.42 Å². The van der Waals surface area contributed by atoms with Crippen molar-refractivity contribution in [3.8, 4) is 0 Å². The summed E-state index contributed by atoms with van der Waals surface area (Å²) in [6.45, 7) is 1.84. The molecule has 0 saturated heterocycles. The molecule has 0 atom stereocenters. The molecule has 4 heteroatoms. The van der Waals surface area contributed by atoms with Crippen LogP contribution in [0.25, 0.3) is 0 Å². The van der Waals surface area contributed by atoms with Crippen LogP contribution in [-0.2, 0) is 4.79 Å². The summed E-state index contributed by atoms with van der Waals surface area (Å²) in [6.07, 6.45) is 1.02. The average Bonchev–Trinajstić information content (AvgIpc) is 1.35. The lowest BCUT2D eigenvalue weighted by Crippen LogP contribution is -1.90. The second kappa shape index (κ2) is 9.63. The fourth-order valence-electron chi connectivity index (χ4n) is 0.214. The number of hydrogen-bond donors (Lipinski definition) is 3. The maximum Gasteiger partial charge on any atom is 0.303 e. The molecule has 0 aromatic rings. The summed E-state index contributed by atoms with van der Waals surface area (Å²) in [5, 5.41) is 7.91. The Balaban J connectivity index is -0.000000125. The summed E-state index contributed by atoms with van der Waals surface area (Å²) in [4.78, 5) is 9.60. The summed E-state index contributed by atoms with van der Waals surface area (Å²) in [5.74, 6) is -0.711. The quantitative estimate of drug-likeness (QED) is 0.511. The molecule has 0 spiro atoms. The van der Waals surface area contributed by atoms with E-state index in [9.17, 15) is 4.79 Å². The molecular formula is C4H14N2O2. The molecule has 0 aliphatic heterocycles. The topological polar surface area (TPSA) is 107 Å². The molecule has 4 nitrogen and oxygen atoms in total. The predicted octanol–water partition coefficient (Wildman–Crippen LogP) is 1.20. The highest BCUT2D eigenvalue weighted by molar-refractivity contribution is 5.66. The molecule has 0 rings (SSSR count). The highest BCUT2D eigenvalue weighted by Crippen LogP contribution is 1.82. The van der Waals surface area contributed by atoms with Gasteiger partial charge in [0.15, 0.2) is 0 Å². The molecule has 0 amide bonds. The Morgan fingerprint density at radius 3 is 1.88 bits per heavy atom. The lowest BCUT2D eigenvalue weighted by atomic mass is 10.4. The number of aliphatic carboxylic acids is 1. The Labute approximate surface area is 49.1 Å². The van der Waals surface area contributed by atoms with Crippen molar-refractivity contribution in [2.45, 2.75) is 19.8 Å². The maximum absolute atomic E-state index is 9.60. The van der Waals surface area contributed by atoms with E-state index in [4.69, 9.17) is 5.11 Å². The molecule has 0 radical (unpaired) electrons. The van der Waals surface area contributed by atoms with Crippen molar-refractivity contribution in [1.29, 1.82) is 0 Å². The smallest absolute Gasteiger partial charge is 0.303 e. The molecule has 0 unspecified atom stereocenters. The monoisotopic (exact) mass is 122 g/mol. The fraction of sp³-hybridized carbons (Fsp3) is 0.750. The zero-order valence-electron chi connectivity index (χ0n) is 5.18. The highest BCUT2D eigenvalue weighted by Gasteiger charge is 1.87. The second-order valence-corrected chi connectivity index (χ2v) is 1.14. The molecule has 0 heterocycles. The van der Waals surface area contributed by atoms with Crippen LogP contribution in [0, 0.1) is 0 Å². The molecule has 0 aliphatic rings. The third-order valence-electron chi connectivity index (χ3n) is 0.464. The zero-order chi connectivity index (χ0) is 4.99. The van der Waals surface area contributed by atoms with Gasteiger partial charge >= 0.3 is 5.97 Å². The summed E-state index contributed by atoms with van der Waals surface area (Å²) >= 11 is 0. The molecule has 7 N–H and O–H groups in total. The van der Waals surface area contributed by atoms with Crippen LogP contribution in [0.15, 0.2) is 0 Å². The minimum absolute atomic E-state index is 0. The number of rotatable bonds is 2. The summed E-state index contributed by atoms with van der Waals surface area (Å²) in [7, 11) is 0. The molecule has 8 heavy (non-hydrogen) atoms. The van der Waals surface area contributed by atoms with Crippen LogP contribution in [0.3, 0.4) is 0 Å². The van der Waals surface area contributed by atoms with Crippen LogP contribution in [0.2, 0.25) is 0 Å². The minimum Gasteiger partial charge on any atom is -0.481 e. The molecule has 0 aromatic carbocycles. The Morgan fingerprint density at radius 1 is 1.50 bits per heavy atom. The van der Waals surface area contributed by atoms with Crippen molar-refractivity contribution < 1.29 is 9.90 Å². The summed E-state index contributed by atoms with van der Waals surface area (Å²) in [6, 6.07) is 0. The largest absolute Gasteiger partial charge is 0.481 e. The molecule has 52 valence electrons. The Morgan fingerprint density at radius 2 is 1.88 bits per heavy atom. The van der Waals surface area contributed by atoms with Gasteiger partial charge in [0.25, 0.3) is 0 Å². The van der Waals surface area contributed by atoms with Crippen LogP contribution in [0.5, 0.6) is 0 Å². The van der Waals surface area contributed by atoms with Crippen LogP contribution in [0.1, 0.15) is 19.8 Å². The molecule has 0 saturated carbocycles. The van der Waals surface area contributed by atoms with Gasteiger partial charge in [0.2, 0.25) is 0 Å². The van der Waals surface area contributed by atoms with E-state index in [2.05, 4.69) is 0 Å². The van der Waals surface area contributed by atoms with Gasteiger partial charge in [0.1, 0.15) is 0 Å². The van der Waals surface area contributed by atoms with Crippen LogP contribution >= 0.6 is 0 Å². The third-order valence-corrected chi connectivity index (χ3v) is 0.464. The lowest BCUT2D eigenvalue weighted by molar-refractivity contribution is -0.137. The normalized spacial score (nSPS) is 6.12. The van der Waals surface area contributed by atoms with E-state index in [1.165, 1.54) is 0 Å². The molecule has 0 aromatic heterocycles. The number of carboxylic acid groups (broad SMARTS) is 1. The Bertz CT molecular complexity index is 56.0. The molecule has 0 fully saturated rings. The van der Waals surface area contributed by atoms with Crippen molar-refractivity contribution >= 4 is 5.97 Å². The SMILES string of the molecule is CCCC(=O)O.N.N. The number of hydrogen-bond acceptors (Lipinski definition) is 3. The van der Waals surface area contributed by atoms with Crippen LogP contribution in [0.4, 0.5) is 0 Å². The predicted molar refractivity (Wildman–Crippen MR) is 32.6 cm³/mol. The van der Waals surface area contributed by atoms with Gasteiger partial charge in [-0.15, -0.1) is 0 Å². The standard InChI is InChI=1S/C4H8O2.2H3N/c1-2-3-4(5)6;;/h2-3H2,1H3,(H,5,6);2*1H3. The van der Waals surface area contributed by atoms with Crippen molar-refractivity contribution in [3.05, 3.63) is 0 Å². The fourth-order valence-corrected chi connectivity index (χ4v) is 0.214. The van der Waals surface area contributed by atoms with Crippen LogP contribution < -0.4 is 12.3 Å². The number of carbonyl (C=O) groups is 1. The van der Waals surface area contributed by atoms with E-state index < -0.39 is 5.97 Å². The first-order valence-corrected chi connectivity index (χ1v) is 1.99. The van der Waals surface area contributed by atoms with Gasteiger partial charge in [-0.1, -0.05) is 6.92 Å². The van der Waals surface area contributed by atoms with Crippen molar-refractivity contribution in [2.24, 2.45) is 0 Å². The molecule has 0 aliphatic carbocycles. The van der Waals surface area contributed by atoms with Gasteiger partial charge < -0.3 is 17.4 Å². The van der Waals surface area contributed by atoms with E-state index in [1.54, 1.807) is 0 Å². The van der Waals surface area contributed by atoms with E-state index in [-0.39, 0.29) is 12.3 Å². The van der Waals surface area contributed by atoms with Crippen molar-refractivity contribution in [2.75, 3.05) is 0 Å². The van der Waals surface area contributed by atoms with E-state index in [0.717, 1.165) is 6.42 Å². The van der Waals surface area contributed by atoms with E-state index in [1.807, 2.05) is 6.92 Å². The number of carboxylic acids is 1. The maximum atomic E-state index is 9.60. The van der Waals surface area contributed by atoms with Crippen molar-refractivity contribution in [1.82, 2.24) is 12.3 Å². The third kappa shape index (κ3) is 18.2. The second-order valence-electron chi connectivity index (χ2n) is 1.14. The first kappa shape index (κ1) is 15.7. The van der Waals surface area contributed by atoms with Crippen LogP contribution in [-0.4, -0.2) is 11.1 Å². The van der Waals surface area contributed by atoms with Gasteiger partial charge in [0.05, 0.1) is 0 Å². The molecular weight excluding hydrogens is 108 g/mol. The first-order chi connectivity index (χ1) is 2.77. The summed E-state index contributed by atoms with van der Waals surface area (Å²) in [5.41, 5.74) is 0. The highest BCUT2D eigenvalue weighted by atomic mass is 16.4. The summed E-state index contributed by atoms with van der Waals surface area (Å²) < 4.78 is 0. The minimum atomic E-state index is -0.711. The Kier molecular flexibility index (Phi) is 18.9. The molecule has 0 bridgehead atoms. The van der Waals surface area contributed by atoms with Gasteiger partial charge in [-0.3, -0.25) is 4.79 Å². The van der Waals surface area contributed by atoms with E-state index >= 15 is 0 Å². The zero-order valence-corrected chi connectivity index (χ0v) is 5.18. The van der Waals surface area contributed by atoms with Gasteiger partial charge in [-0.05, 0) is 6.42 Å². The lowest BCUT2D eigenvalue weighted by Gasteiger charge is -1.79. The average molecular weight is 122 g/mol.